The summed E-state index contributed by atoms with van der Waals surface area (Å²) in [6, 6.07) is 12.2. The number of thiazole rings is 1. The van der Waals surface area contributed by atoms with E-state index in [-0.39, 0.29) is 0 Å². The highest BCUT2D eigenvalue weighted by Crippen LogP contribution is 2.37. The van der Waals surface area contributed by atoms with Crippen molar-refractivity contribution in [3.8, 4) is 28.5 Å². The van der Waals surface area contributed by atoms with E-state index >= 15 is 0 Å². The van der Waals surface area contributed by atoms with Gasteiger partial charge in [-0.15, -0.1) is 11.3 Å². The van der Waals surface area contributed by atoms with Crippen LogP contribution >= 0.6 is 11.3 Å². The van der Waals surface area contributed by atoms with Crippen molar-refractivity contribution >= 4 is 26.3 Å². The Hall–Kier alpha value is -2.78. The van der Waals surface area contributed by atoms with Crippen LogP contribution in [-0.4, -0.2) is 53.1 Å². The van der Waals surface area contributed by atoms with E-state index < -0.39 is 15.1 Å². The van der Waals surface area contributed by atoms with Gasteiger partial charge in [0, 0.05) is 24.0 Å². The van der Waals surface area contributed by atoms with Gasteiger partial charge in [0.05, 0.1) is 37.2 Å². The van der Waals surface area contributed by atoms with Crippen LogP contribution in [0.25, 0.3) is 11.3 Å². The van der Waals surface area contributed by atoms with Crippen molar-refractivity contribution in [3.05, 3.63) is 47.8 Å². The average Bonchev–Trinajstić information content (AvgIpc) is 3.34. The standard InChI is InChI=1S/C23H26N2O5S2/c1-28-16-4-7-18(8-5-16)32(26,27)19-10-12-25(13-11-19)23-24-21(15-31-23)20-14-17(29-2)6-9-22(20)30-3/h4-9,14-15,19H,10-13H2,1-3H3. The Labute approximate surface area is 192 Å². The molecule has 9 heteroatoms. The predicted octanol–water partition coefficient (Wildman–Crippen LogP) is 4.28. The van der Waals surface area contributed by atoms with Gasteiger partial charge in [0.2, 0.25) is 0 Å². The van der Waals surface area contributed by atoms with E-state index in [9.17, 15) is 8.42 Å². The Morgan fingerprint density at radius 3 is 2.22 bits per heavy atom. The molecule has 4 rings (SSSR count). The number of hydrogen-bond acceptors (Lipinski definition) is 8. The number of piperidine rings is 1. The molecule has 2 heterocycles. The molecular weight excluding hydrogens is 448 g/mol. The van der Waals surface area contributed by atoms with E-state index in [2.05, 4.69) is 4.90 Å². The molecule has 1 aliphatic rings. The fraction of sp³-hybridized carbons (Fsp3) is 0.348. The van der Waals surface area contributed by atoms with Gasteiger partial charge in [-0.2, -0.15) is 0 Å². The average molecular weight is 475 g/mol. The molecule has 1 saturated heterocycles. The van der Waals surface area contributed by atoms with Crippen LogP contribution in [0.4, 0.5) is 5.13 Å². The van der Waals surface area contributed by atoms with Crippen molar-refractivity contribution in [1.82, 2.24) is 4.98 Å². The molecule has 0 amide bonds. The molecule has 1 aromatic heterocycles. The van der Waals surface area contributed by atoms with Gasteiger partial charge in [-0.1, -0.05) is 0 Å². The molecule has 3 aromatic rings. The van der Waals surface area contributed by atoms with Gasteiger partial charge < -0.3 is 19.1 Å². The Kier molecular flexibility index (Phi) is 6.57. The number of ether oxygens (including phenoxy) is 3. The zero-order chi connectivity index (χ0) is 22.7. The van der Waals surface area contributed by atoms with E-state index in [1.807, 2.05) is 23.6 Å². The molecule has 0 radical (unpaired) electrons. The van der Waals surface area contributed by atoms with Crippen LogP contribution in [0, 0.1) is 0 Å². The lowest BCUT2D eigenvalue weighted by Crippen LogP contribution is -2.39. The Morgan fingerprint density at radius 2 is 1.59 bits per heavy atom. The second-order valence-corrected chi connectivity index (χ2v) is 10.6. The van der Waals surface area contributed by atoms with Crippen LogP contribution in [0.15, 0.2) is 52.7 Å². The number of methoxy groups -OCH3 is 3. The molecule has 2 aromatic carbocycles. The molecule has 0 unspecified atom stereocenters. The summed E-state index contributed by atoms with van der Waals surface area (Å²) in [5.74, 6) is 2.11. The summed E-state index contributed by atoms with van der Waals surface area (Å²) >= 11 is 1.55. The van der Waals surface area contributed by atoms with Crippen molar-refractivity contribution in [3.63, 3.8) is 0 Å². The van der Waals surface area contributed by atoms with Gasteiger partial charge in [-0.3, -0.25) is 0 Å². The number of nitrogens with zero attached hydrogens (tertiary/aromatic N) is 2. The van der Waals surface area contributed by atoms with E-state index in [0.717, 1.165) is 27.9 Å². The zero-order valence-corrected chi connectivity index (χ0v) is 19.9. The topological polar surface area (TPSA) is 78.0 Å². The molecular formula is C23H26N2O5S2. The van der Waals surface area contributed by atoms with Gasteiger partial charge in [-0.05, 0) is 55.3 Å². The second-order valence-electron chi connectivity index (χ2n) is 7.49. The third kappa shape index (κ3) is 4.40. The highest BCUT2D eigenvalue weighted by Gasteiger charge is 2.32. The van der Waals surface area contributed by atoms with Gasteiger partial charge in [0.1, 0.15) is 17.2 Å². The van der Waals surface area contributed by atoms with Crippen molar-refractivity contribution in [1.29, 1.82) is 0 Å². The maximum atomic E-state index is 13.1. The maximum absolute atomic E-state index is 13.1. The van der Waals surface area contributed by atoms with Gasteiger partial charge >= 0.3 is 0 Å². The second kappa shape index (κ2) is 9.38. The van der Waals surface area contributed by atoms with Crippen molar-refractivity contribution < 1.29 is 22.6 Å². The highest BCUT2D eigenvalue weighted by molar-refractivity contribution is 7.92. The first-order valence-electron chi connectivity index (χ1n) is 10.3. The summed E-state index contributed by atoms with van der Waals surface area (Å²) in [5.41, 5.74) is 1.68. The summed E-state index contributed by atoms with van der Waals surface area (Å²) in [5, 5.41) is 2.47. The van der Waals surface area contributed by atoms with Crippen LogP contribution in [0.3, 0.4) is 0 Å². The van der Waals surface area contributed by atoms with Gasteiger partial charge in [-0.25, -0.2) is 13.4 Å². The Morgan fingerprint density at radius 1 is 0.938 bits per heavy atom. The van der Waals surface area contributed by atoms with Gasteiger partial charge in [0.15, 0.2) is 15.0 Å². The van der Waals surface area contributed by atoms with Crippen molar-refractivity contribution in [2.24, 2.45) is 0 Å². The molecule has 0 saturated carbocycles. The molecule has 0 atom stereocenters. The SMILES string of the molecule is COc1ccc(S(=O)(=O)C2CCN(c3nc(-c4cc(OC)ccc4OC)cs3)CC2)cc1. The van der Waals surface area contributed by atoms with Crippen LogP contribution < -0.4 is 19.1 Å². The molecule has 0 spiro atoms. The number of anilines is 1. The van der Waals surface area contributed by atoms with E-state index in [4.69, 9.17) is 19.2 Å². The summed E-state index contributed by atoms with van der Waals surface area (Å²) in [4.78, 5) is 7.30. The molecule has 0 N–H and O–H groups in total. The van der Waals surface area contributed by atoms with Crippen LogP contribution in [-0.2, 0) is 9.84 Å². The van der Waals surface area contributed by atoms with E-state index in [0.29, 0.717) is 36.6 Å². The molecule has 0 aliphatic carbocycles. The number of aromatic nitrogens is 1. The van der Waals surface area contributed by atoms with Crippen LogP contribution in [0.2, 0.25) is 0 Å². The minimum absolute atomic E-state index is 0.346. The summed E-state index contributed by atoms with van der Waals surface area (Å²) < 4.78 is 42.1. The minimum Gasteiger partial charge on any atom is -0.497 e. The zero-order valence-electron chi connectivity index (χ0n) is 18.3. The maximum Gasteiger partial charge on any atom is 0.185 e. The molecule has 170 valence electrons. The normalized spacial score (nSPS) is 14.9. The fourth-order valence-corrected chi connectivity index (χ4v) is 6.47. The fourth-order valence-electron chi connectivity index (χ4n) is 3.86. The summed E-state index contributed by atoms with van der Waals surface area (Å²) in [6.07, 6.45) is 1.12. The number of sulfone groups is 1. The molecule has 0 bridgehead atoms. The van der Waals surface area contributed by atoms with Gasteiger partial charge in [0.25, 0.3) is 0 Å². The van der Waals surface area contributed by atoms with Crippen molar-refractivity contribution in [2.75, 3.05) is 39.3 Å². The number of rotatable bonds is 7. The lowest BCUT2D eigenvalue weighted by molar-refractivity contribution is 0.404. The minimum atomic E-state index is -3.38. The quantitative estimate of drug-likeness (QED) is 0.506. The molecule has 7 nitrogen and oxygen atoms in total. The van der Waals surface area contributed by atoms with Crippen LogP contribution in [0.5, 0.6) is 17.2 Å². The van der Waals surface area contributed by atoms with Crippen LogP contribution in [0.1, 0.15) is 12.8 Å². The Bertz CT molecular complexity index is 1170. The summed E-state index contributed by atoms with van der Waals surface area (Å²) in [6.45, 7) is 1.28. The lowest BCUT2D eigenvalue weighted by Gasteiger charge is -2.31. The third-order valence-corrected chi connectivity index (χ3v) is 8.89. The Balaban J connectivity index is 1.47. The van der Waals surface area contributed by atoms with E-state index in [1.165, 1.54) is 0 Å². The highest BCUT2D eigenvalue weighted by atomic mass is 32.2. The predicted molar refractivity (Wildman–Crippen MR) is 126 cm³/mol. The number of benzene rings is 2. The lowest BCUT2D eigenvalue weighted by atomic mass is 10.1. The van der Waals surface area contributed by atoms with Crippen molar-refractivity contribution in [2.45, 2.75) is 23.0 Å². The number of hydrogen-bond donors (Lipinski definition) is 0. The molecule has 32 heavy (non-hydrogen) atoms. The largest absolute Gasteiger partial charge is 0.497 e. The van der Waals surface area contributed by atoms with E-state index in [1.54, 1.807) is 56.9 Å². The third-order valence-electron chi connectivity index (χ3n) is 5.71. The first kappa shape index (κ1) is 22.4. The molecule has 1 aliphatic heterocycles. The first-order valence-corrected chi connectivity index (χ1v) is 12.7. The first-order chi connectivity index (χ1) is 15.5. The molecule has 1 fully saturated rings. The smallest absolute Gasteiger partial charge is 0.185 e. The summed E-state index contributed by atoms with van der Waals surface area (Å²) in [7, 11) is 1.45. The monoisotopic (exact) mass is 474 g/mol.